The van der Waals surface area contributed by atoms with Crippen LogP contribution in [0.3, 0.4) is 0 Å². The maximum absolute atomic E-state index is 14.0. The van der Waals surface area contributed by atoms with Crippen LogP contribution >= 0.6 is 0 Å². The van der Waals surface area contributed by atoms with Gasteiger partial charge in [0.05, 0.1) is 6.04 Å². The van der Waals surface area contributed by atoms with Crippen molar-refractivity contribution in [3.63, 3.8) is 0 Å². The first-order chi connectivity index (χ1) is 9.65. The number of aryl methyl sites for hydroxylation is 1. The lowest BCUT2D eigenvalue weighted by Gasteiger charge is -2.22. The van der Waals surface area contributed by atoms with Gasteiger partial charge in [0.2, 0.25) is 0 Å². The minimum atomic E-state index is -0.540. The quantitative estimate of drug-likeness (QED) is 0.899. The van der Waals surface area contributed by atoms with E-state index in [0.29, 0.717) is 6.54 Å². The zero-order valence-electron chi connectivity index (χ0n) is 11.7. The van der Waals surface area contributed by atoms with Gasteiger partial charge in [-0.15, -0.1) is 0 Å². The monoisotopic (exact) mass is 276 g/mol. The number of nitrogens with zero attached hydrogens (tertiary/aromatic N) is 1. The average molecular weight is 276 g/mol. The molecule has 0 saturated carbocycles. The summed E-state index contributed by atoms with van der Waals surface area (Å²) in [5.41, 5.74) is 1.80. The fraction of sp³-hybridized carbons (Fsp3) is 0.312. The molecule has 0 bridgehead atoms. The molecule has 1 heterocycles. The molecule has 1 atom stereocenters. The van der Waals surface area contributed by atoms with E-state index >= 15 is 0 Å². The van der Waals surface area contributed by atoms with Crippen LogP contribution in [0.1, 0.15) is 36.1 Å². The van der Waals surface area contributed by atoms with Crippen molar-refractivity contribution in [3.05, 3.63) is 65.0 Å². The highest BCUT2D eigenvalue weighted by atomic mass is 19.1. The van der Waals surface area contributed by atoms with Gasteiger partial charge in [0, 0.05) is 18.0 Å². The summed E-state index contributed by atoms with van der Waals surface area (Å²) in [4.78, 5) is 4.07. The Hall–Kier alpha value is -1.81. The van der Waals surface area contributed by atoms with Crippen LogP contribution in [-0.4, -0.2) is 11.5 Å². The first kappa shape index (κ1) is 14.6. The number of rotatable bonds is 5. The summed E-state index contributed by atoms with van der Waals surface area (Å²) in [6.45, 7) is 4.60. The lowest BCUT2D eigenvalue weighted by atomic mass is 9.95. The lowest BCUT2D eigenvalue weighted by molar-refractivity contribution is 0.501. The number of hydrogen-bond acceptors (Lipinski definition) is 2. The lowest BCUT2D eigenvalue weighted by Crippen LogP contribution is -2.26. The molecule has 4 heteroatoms. The van der Waals surface area contributed by atoms with Crippen LogP contribution in [0.25, 0.3) is 0 Å². The Labute approximate surface area is 117 Å². The van der Waals surface area contributed by atoms with E-state index < -0.39 is 17.7 Å². The minimum absolute atomic E-state index is 0.0528. The summed E-state index contributed by atoms with van der Waals surface area (Å²) < 4.78 is 28.1. The van der Waals surface area contributed by atoms with Crippen molar-refractivity contribution < 1.29 is 8.78 Å². The third-order valence-electron chi connectivity index (χ3n) is 3.28. The van der Waals surface area contributed by atoms with Gasteiger partial charge in [-0.05, 0) is 49.2 Å². The van der Waals surface area contributed by atoms with E-state index in [0.717, 1.165) is 17.5 Å². The van der Waals surface area contributed by atoms with Crippen molar-refractivity contribution in [1.82, 2.24) is 10.3 Å². The topological polar surface area (TPSA) is 24.9 Å². The predicted octanol–water partition coefficient (Wildman–Crippen LogP) is 3.76. The molecule has 2 nitrogen and oxygen atoms in total. The maximum Gasteiger partial charge on any atom is 0.131 e. The largest absolute Gasteiger partial charge is 0.306 e. The Kier molecular flexibility index (Phi) is 4.79. The number of hydrogen-bond donors (Lipinski definition) is 1. The molecular weight excluding hydrogens is 258 g/mol. The molecule has 0 aliphatic carbocycles. The molecule has 0 fully saturated rings. The van der Waals surface area contributed by atoms with Gasteiger partial charge in [-0.3, -0.25) is 4.98 Å². The maximum atomic E-state index is 14.0. The van der Waals surface area contributed by atoms with Gasteiger partial charge in [-0.25, -0.2) is 8.78 Å². The normalized spacial score (nSPS) is 12.4. The number of nitrogens with one attached hydrogen (secondary N) is 1. The van der Waals surface area contributed by atoms with Crippen molar-refractivity contribution >= 4 is 0 Å². The van der Waals surface area contributed by atoms with Crippen molar-refractivity contribution in [1.29, 1.82) is 0 Å². The molecular formula is C16H18F2N2. The van der Waals surface area contributed by atoms with E-state index in [1.54, 1.807) is 12.4 Å². The van der Waals surface area contributed by atoms with Gasteiger partial charge in [0.1, 0.15) is 11.6 Å². The summed E-state index contributed by atoms with van der Waals surface area (Å²) in [5, 5.41) is 3.20. The van der Waals surface area contributed by atoms with Crippen LogP contribution in [-0.2, 0) is 0 Å². The molecule has 2 rings (SSSR count). The van der Waals surface area contributed by atoms with Gasteiger partial charge in [-0.1, -0.05) is 13.0 Å². The molecule has 0 aliphatic heterocycles. The molecule has 20 heavy (non-hydrogen) atoms. The van der Waals surface area contributed by atoms with Crippen LogP contribution in [0.5, 0.6) is 0 Å². The summed E-state index contributed by atoms with van der Waals surface area (Å²) in [6.07, 6.45) is 4.22. The Balaban J connectivity index is 2.50. The fourth-order valence-corrected chi connectivity index (χ4v) is 2.22. The van der Waals surface area contributed by atoms with E-state index in [1.807, 2.05) is 19.9 Å². The molecule has 2 aromatic rings. The van der Waals surface area contributed by atoms with Gasteiger partial charge < -0.3 is 5.32 Å². The molecule has 1 aromatic heterocycles. The number of pyridine rings is 1. The number of benzene rings is 1. The summed E-state index contributed by atoms with van der Waals surface area (Å²) in [7, 11) is 0. The summed E-state index contributed by atoms with van der Waals surface area (Å²) in [5.74, 6) is -1.08. The number of halogens is 2. The van der Waals surface area contributed by atoms with Crippen molar-refractivity contribution in [2.45, 2.75) is 26.3 Å². The van der Waals surface area contributed by atoms with Gasteiger partial charge in [0.15, 0.2) is 0 Å². The highest BCUT2D eigenvalue weighted by Crippen LogP contribution is 2.28. The zero-order valence-corrected chi connectivity index (χ0v) is 11.7. The van der Waals surface area contributed by atoms with E-state index in [4.69, 9.17) is 0 Å². The van der Waals surface area contributed by atoms with E-state index in [1.165, 1.54) is 18.2 Å². The Morgan fingerprint density at radius 3 is 2.50 bits per heavy atom. The van der Waals surface area contributed by atoms with E-state index in [9.17, 15) is 8.78 Å². The molecule has 1 N–H and O–H groups in total. The smallest absolute Gasteiger partial charge is 0.131 e. The van der Waals surface area contributed by atoms with Crippen molar-refractivity contribution in [2.24, 2.45) is 0 Å². The van der Waals surface area contributed by atoms with E-state index in [2.05, 4.69) is 10.3 Å². The third kappa shape index (κ3) is 3.02. The summed E-state index contributed by atoms with van der Waals surface area (Å²) >= 11 is 0. The predicted molar refractivity (Wildman–Crippen MR) is 75.5 cm³/mol. The Bertz CT molecular complexity index is 564. The minimum Gasteiger partial charge on any atom is -0.306 e. The van der Waals surface area contributed by atoms with Gasteiger partial charge >= 0.3 is 0 Å². The first-order valence-electron chi connectivity index (χ1n) is 6.73. The van der Waals surface area contributed by atoms with Crippen molar-refractivity contribution in [3.8, 4) is 0 Å². The van der Waals surface area contributed by atoms with Crippen LogP contribution in [0.15, 0.2) is 36.7 Å². The van der Waals surface area contributed by atoms with Crippen LogP contribution in [0, 0.1) is 18.6 Å². The van der Waals surface area contributed by atoms with Gasteiger partial charge in [0.25, 0.3) is 0 Å². The molecule has 0 radical (unpaired) electrons. The Morgan fingerprint density at radius 1 is 1.20 bits per heavy atom. The van der Waals surface area contributed by atoms with Crippen LogP contribution in [0.4, 0.5) is 8.78 Å². The summed E-state index contributed by atoms with van der Waals surface area (Å²) in [6, 6.07) is 5.26. The number of aromatic nitrogens is 1. The molecule has 1 unspecified atom stereocenters. The van der Waals surface area contributed by atoms with Crippen LogP contribution < -0.4 is 5.32 Å². The second kappa shape index (κ2) is 6.57. The standard InChI is InChI=1S/C16H18F2N2/c1-3-8-20-16(12-10-19-9-7-11(12)2)15-13(17)5-4-6-14(15)18/h4-7,9-10,16,20H,3,8H2,1-2H3. The third-order valence-corrected chi connectivity index (χ3v) is 3.28. The zero-order chi connectivity index (χ0) is 14.5. The van der Waals surface area contributed by atoms with Gasteiger partial charge in [-0.2, -0.15) is 0 Å². The molecule has 0 spiro atoms. The van der Waals surface area contributed by atoms with Crippen LogP contribution in [0.2, 0.25) is 0 Å². The average Bonchev–Trinajstić information content (AvgIpc) is 2.43. The highest BCUT2D eigenvalue weighted by Gasteiger charge is 2.22. The molecule has 0 amide bonds. The Morgan fingerprint density at radius 2 is 1.90 bits per heavy atom. The molecule has 0 aliphatic rings. The van der Waals surface area contributed by atoms with E-state index in [-0.39, 0.29) is 5.56 Å². The second-order valence-corrected chi connectivity index (χ2v) is 4.75. The first-order valence-corrected chi connectivity index (χ1v) is 6.73. The van der Waals surface area contributed by atoms with Crippen molar-refractivity contribution in [2.75, 3.05) is 6.54 Å². The highest BCUT2D eigenvalue weighted by molar-refractivity contribution is 5.36. The SMILES string of the molecule is CCCNC(c1cnccc1C)c1c(F)cccc1F. The molecule has 0 saturated heterocycles. The second-order valence-electron chi connectivity index (χ2n) is 4.75. The fourth-order valence-electron chi connectivity index (χ4n) is 2.22. The molecule has 106 valence electrons. The molecule has 1 aromatic carbocycles.